The summed E-state index contributed by atoms with van der Waals surface area (Å²) in [5.74, 6) is 0.685. The normalized spacial score (nSPS) is 21.4. The summed E-state index contributed by atoms with van der Waals surface area (Å²) in [6, 6.07) is 15.6. The van der Waals surface area contributed by atoms with Gasteiger partial charge in [0.2, 0.25) is 0 Å². The van der Waals surface area contributed by atoms with Gasteiger partial charge in [-0.25, -0.2) is 4.79 Å². The number of pyridine rings is 1. The van der Waals surface area contributed by atoms with Crippen LogP contribution in [-0.2, 0) is 13.0 Å². The second-order valence-electron chi connectivity index (χ2n) is 10.4. The van der Waals surface area contributed by atoms with Gasteiger partial charge in [0.05, 0.1) is 0 Å². The van der Waals surface area contributed by atoms with E-state index in [0.717, 1.165) is 42.9 Å². The third-order valence-electron chi connectivity index (χ3n) is 7.95. The SMILES string of the molecule is O=C(Nc1snnc1C(=O)N1C[C@@H]2C[C@H](C1)c1cccc(=O)n1C2)N1CCC(Cc2ccccc2)CC1. The minimum atomic E-state index is -0.216. The number of fused-ring (bicyclic) bond motifs is 4. The Balaban J connectivity index is 1.08. The number of hydrogen-bond donors (Lipinski definition) is 1. The standard InChI is InChI=1S/C27H30N6O3S/c34-23-8-4-7-22-21-14-20(16-33(22)23)15-32(17-21)26(35)24-25(37-30-29-24)28-27(36)31-11-9-19(10-12-31)13-18-5-2-1-3-6-18/h1-8,19-21H,9-17H2,(H,28,36)/t20-,21+/m0/s1. The number of nitrogens with zero attached hydrogens (tertiary/aromatic N) is 5. The first kappa shape index (κ1) is 23.8. The zero-order chi connectivity index (χ0) is 25.4. The van der Waals surface area contributed by atoms with Gasteiger partial charge >= 0.3 is 6.03 Å². The fraction of sp³-hybridized carbons (Fsp3) is 0.444. The average molecular weight is 519 g/mol. The fourth-order valence-electron chi connectivity index (χ4n) is 6.09. The van der Waals surface area contributed by atoms with Gasteiger partial charge in [-0.05, 0) is 49.1 Å². The van der Waals surface area contributed by atoms with Gasteiger partial charge in [-0.2, -0.15) is 0 Å². The Bertz CT molecular complexity index is 1350. The van der Waals surface area contributed by atoms with Crippen LogP contribution in [0.5, 0.6) is 0 Å². The number of urea groups is 1. The Morgan fingerprint density at radius 1 is 0.973 bits per heavy atom. The van der Waals surface area contributed by atoms with Crippen molar-refractivity contribution < 1.29 is 9.59 Å². The van der Waals surface area contributed by atoms with Crippen molar-refractivity contribution in [1.29, 1.82) is 0 Å². The van der Waals surface area contributed by atoms with Gasteiger partial charge in [0.25, 0.3) is 11.5 Å². The van der Waals surface area contributed by atoms with Crippen molar-refractivity contribution in [2.45, 2.75) is 38.1 Å². The zero-order valence-corrected chi connectivity index (χ0v) is 21.4. The molecule has 2 bridgehead atoms. The van der Waals surface area contributed by atoms with Gasteiger partial charge in [-0.3, -0.25) is 14.9 Å². The highest BCUT2D eigenvalue weighted by Gasteiger charge is 2.38. The predicted molar refractivity (Wildman–Crippen MR) is 141 cm³/mol. The van der Waals surface area contributed by atoms with E-state index < -0.39 is 0 Å². The second-order valence-corrected chi connectivity index (χ2v) is 11.2. The van der Waals surface area contributed by atoms with Crippen molar-refractivity contribution in [3.05, 3.63) is 75.8 Å². The lowest BCUT2D eigenvalue weighted by molar-refractivity contribution is 0.0589. The van der Waals surface area contributed by atoms with Crippen LogP contribution in [0.25, 0.3) is 0 Å². The van der Waals surface area contributed by atoms with Gasteiger partial charge in [-0.1, -0.05) is 40.9 Å². The van der Waals surface area contributed by atoms with Crippen LogP contribution in [0, 0.1) is 11.8 Å². The highest BCUT2D eigenvalue weighted by Crippen LogP contribution is 2.36. The number of piperidine rings is 2. The van der Waals surface area contributed by atoms with E-state index in [9.17, 15) is 14.4 Å². The Labute approximate surface area is 219 Å². The molecule has 10 heteroatoms. The molecule has 37 heavy (non-hydrogen) atoms. The van der Waals surface area contributed by atoms with Gasteiger partial charge in [-0.15, -0.1) is 5.10 Å². The molecule has 5 heterocycles. The molecule has 3 aromatic rings. The second kappa shape index (κ2) is 10.1. The minimum absolute atomic E-state index is 0.0183. The highest BCUT2D eigenvalue weighted by molar-refractivity contribution is 7.10. The fourth-order valence-corrected chi connectivity index (χ4v) is 6.64. The summed E-state index contributed by atoms with van der Waals surface area (Å²) < 4.78 is 5.83. The van der Waals surface area contributed by atoms with Crippen LogP contribution in [0.15, 0.2) is 53.3 Å². The lowest BCUT2D eigenvalue weighted by atomic mass is 9.83. The Morgan fingerprint density at radius 3 is 2.59 bits per heavy atom. The molecule has 9 nitrogen and oxygen atoms in total. The van der Waals surface area contributed by atoms with E-state index in [-0.39, 0.29) is 35.0 Å². The van der Waals surface area contributed by atoms with E-state index in [0.29, 0.717) is 43.6 Å². The first-order valence-electron chi connectivity index (χ1n) is 13.0. The quantitative estimate of drug-likeness (QED) is 0.570. The van der Waals surface area contributed by atoms with Gasteiger partial charge in [0.15, 0.2) is 10.7 Å². The molecule has 2 atom stereocenters. The predicted octanol–water partition coefficient (Wildman–Crippen LogP) is 3.45. The van der Waals surface area contributed by atoms with Crippen molar-refractivity contribution in [2.24, 2.45) is 11.8 Å². The van der Waals surface area contributed by atoms with Gasteiger partial charge in [0.1, 0.15) is 0 Å². The van der Waals surface area contributed by atoms with E-state index in [1.807, 2.05) is 21.6 Å². The van der Waals surface area contributed by atoms with Crippen LogP contribution < -0.4 is 10.9 Å². The number of benzene rings is 1. The maximum atomic E-state index is 13.5. The van der Waals surface area contributed by atoms with Crippen molar-refractivity contribution in [3.8, 4) is 0 Å². The molecular formula is C27H30N6O3S. The number of rotatable bonds is 4. The van der Waals surface area contributed by atoms with Crippen molar-refractivity contribution in [2.75, 3.05) is 31.5 Å². The molecule has 2 aromatic heterocycles. The summed E-state index contributed by atoms with van der Waals surface area (Å²) in [7, 11) is 0. The van der Waals surface area contributed by atoms with Crippen LogP contribution in [0.3, 0.4) is 0 Å². The topological polar surface area (TPSA) is 100 Å². The van der Waals surface area contributed by atoms with E-state index in [1.165, 1.54) is 5.56 Å². The number of nitrogens with one attached hydrogen (secondary N) is 1. The summed E-state index contributed by atoms with van der Waals surface area (Å²) in [5, 5.41) is 7.39. The number of carbonyl (C=O) groups is 2. The van der Waals surface area contributed by atoms with Gasteiger partial charge < -0.3 is 14.4 Å². The lowest BCUT2D eigenvalue weighted by Gasteiger charge is -2.42. The van der Waals surface area contributed by atoms with E-state index in [2.05, 4.69) is 39.2 Å². The monoisotopic (exact) mass is 518 g/mol. The lowest BCUT2D eigenvalue weighted by Crippen LogP contribution is -2.49. The summed E-state index contributed by atoms with van der Waals surface area (Å²) in [5.41, 5.74) is 2.54. The van der Waals surface area contributed by atoms with Gasteiger partial charge in [0, 0.05) is 61.9 Å². The Hall–Kier alpha value is -3.53. The Kier molecular flexibility index (Phi) is 6.50. The van der Waals surface area contributed by atoms with Crippen LogP contribution >= 0.6 is 11.5 Å². The molecule has 3 aliphatic heterocycles. The zero-order valence-electron chi connectivity index (χ0n) is 20.6. The molecule has 3 amide bonds. The van der Waals surface area contributed by atoms with Crippen LogP contribution in [0.1, 0.15) is 46.9 Å². The summed E-state index contributed by atoms with van der Waals surface area (Å²) in [6.45, 7) is 3.09. The number of carbonyl (C=O) groups excluding carboxylic acids is 2. The smallest absolute Gasteiger partial charge is 0.322 e. The maximum Gasteiger partial charge on any atom is 0.322 e. The van der Waals surface area contributed by atoms with Crippen molar-refractivity contribution in [1.82, 2.24) is 24.0 Å². The number of aromatic nitrogens is 3. The number of hydrogen-bond acceptors (Lipinski definition) is 6. The molecule has 1 aromatic carbocycles. The largest absolute Gasteiger partial charge is 0.336 e. The van der Waals surface area contributed by atoms with E-state index in [1.54, 1.807) is 17.0 Å². The van der Waals surface area contributed by atoms with Crippen LogP contribution in [0.4, 0.5) is 9.80 Å². The highest BCUT2D eigenvalue weighted by atomic mass is 32.1. The summed E-state index contributed by atoms with van der Waals surface area (Å²) >= 11 is 1.04. The minimum Gasteiger partial charge on any atom is -0.336 e. The molecule has 6 rings (SSSR count). The molecule has 1 N–H and O–H groups in total. The molecule has 2 fully saturated rings. The molecule has 0 radical (unpaired) electrons. The van der Waals surface area contributed by atoms with Crippen molar-refractivity contribution in [3.63, 3.8) is 0 Å². The maximum absolute atomic E-state index is 13.5. The third-order valence-corrected chi connectivity index (χ3v) is 8.59. The molecule has 2 saturated heterocycles. The average Bonchev–Trinajstić information content (AvgIpc) is 3.38. The Morgan fingerprint density at radius 2 is 1.78 bits per heavy atom. The van der Waals surface area contributed by atoms with Crippen molar-refractivity contribution >= 4 is 28.5 Å². The number of amides is 3. The van der Waals surface area contributed by atoms with Crippen LogP contribution in [0.2, 0.25) is 0 Å². The van der Waals surface area contributed by atoms with Crippen LogP contribution in [-0.4, -0.2) is 62.1 Å². The molecule has 0 saturated carbocycles. The number of likely N-dealkylation sites (tertiary alicyclic amines) is 2. The summed E-state index contributed by atoms with van der Waals surface area (Å²) in [6.07, 6.45) is 3.91. The molecular weight excluding hydrogens is 488 g/mol. The van der Waals surface area contributed by atoms with E-state index in [4.69, 9.17) is 0 Å². The first-order valence-corrected chi connectivity index (χ1v) is 13.7. The molecule has 0 spiro atoms. The molecule has 0 aliphatic carbocycles. The molecule has 3 aliphatic rings. The third kappa shape index (κ3) is 4.90. The van der Waals surface area contributed by atoms with E-state index >= 15 is 0 Å². The first-order chi connectivity index (χ1) is 18.0. The molecule has 0 unspecified atom stereocenters. The number of anilines is 1. The summed E-state index contributed by atoms with van der Waals surface area (Å²) in [4.78, 5) is 42.4. The molecule has 192 valence electrons.